The lowest BCUT2D eigenvalue weighted by Gasteiger charge is -2.17. The average molecular weight is 342 g/mol. The van der Waals surface area contributed by atoms with Crippen LogP contribution >= 0.6 is 0 Å². The van der Waals surface area contributed by atoms with E-state index < -0.39 is 0 Å². The first-order valence-electron chi connectivity index (χ1n) is 8.10. The second-order valence-corrected chi connectivity index (χ2v) is 6.18. The van der Waals surface area contributed by atoms with Gasteiger partial charge in [0.25, 0.3) is 0 Å². The van der Waals surface area contributed by atoms with Gasteiger partial charge < -0.3 is 4.98 Å². The highest BCUT2D eigenvalue weighted by atomic mass is 19.1. The van der Waals surface area contributed by atoms with Crippen molar-refractivity contribution in [3.8, 4) is 11.4 Å². The number of halogens is 1. The minimum atomic E-state index is -0.334. The molecule has 5 rings (SSSR count). The van der Waals surface area contributed by atoms with Gasteiger partial charge >= 0.3 is 0 Å². The average Bonchev–Trinajstić information content (AvgIpc) is 3.10. The highest BCUT2D eigenvalue weighted by Gasteiger charge is 2.32. The van der Waals surface area contributed by atoms with E-state index in [-0.39, 0.29) is 17.4 Å². The Morgan fingerprint density at radius 2 is 1.46 bits per heavy atom. The van der Waals surface area contributed by atoms with E-state index in [2.05, 4.69) is 9.97 Å². The first-order chi connectivity index (χ1) is 12.6. The van der Waals surface area contributed by atoms with Crippen LogP contribution in [0.5, 0.6) is 0 Å². The summed E-state index contributed by atoms with van der Waals surface area (Å²) < 4.78 is 13.2. The number of fused-ring (bicyclic) bond motifs is 4. The molecule has 124 valence electrons. The zero-order valence-corrected chi connectivity index (χ0v) is 13.4. The number of rotatable bonds is 1. The molecule has 1 aromatic heterocycles. The number of carbonyl (C=O) groups excluding carboxylic acids is 2. The Bertz CT molecular complexity index is 1220. The molecule has 26 heavy (non-hydrogen) atoms. The molecule has 1 aliphatic rings. The highest BCUT2D eigenvalue weighted by molar-refractivity contribution is 6.31. The van der Waals surface area contributed by atoms with Gasteiger partial charge in [-0.2, -0.15) is 0 Å². The Balaban J connectivity index is 1.76. The van der Waals surface area contributed by atoms with Crippen LogP contribution in [0.15, 0.2) is 60.7 Å². The molecule has 0 spiro atoms. The third kappa shape index (κ3) is 1.97. The molecule has 4 nitrogen and oxygen atoms in total. The molecule has 3 aromatic carbocycles. The summed E-state index contributed by atoms with van der Waals surface area (Å²) in [5.41, 5.74) is 3.29. The highest BCUT2D eigenvalue weighted by Crippen LogP contribution is 2.32. The summed E-state index contributed by atoms with van der Waals surface area (Å²) in [6.45, 7) is 0. The summed E-state index contributed by atoms with van der Waals surface area (Å²) in [4.78, 5) is 33.5. The number of nitrogens with one attached hydrogen (secondary N) is 1. The lowest BCUT2D eigenvalue weighted by molar-refractivity contribution is 0.0980. The normalized spacial score (nSPS) is 13.0. The molecule has 1 aliphatic carbocycles. The summed E-state index contributed by atoms with van der Waals surface area (Å²) >= 11 is 0. The van der Waals surface area contributed by atoms with Crippen molar-refractivity contribution in [2.75, 3.05) is 0 Å². The van der Waals surface area contributed by atoms with Crippen LogP contribution < -0.4 is 0 Å². The van der Waals surface area contributed by atoms with E-state index in [0.717, 1.165) is 0 Å². The molecule has 0 amide bonds. The molecule has 1 heterocycles. The summed E-state index contributed by atoms with van der Waals surface area (Å²) in [6.07, 6.45) is 0. The minimum absolute atomic E-state index is 0.177. The number of hydrogen-bond acceptors (Lipinski definition) is 3. The summed E-state index contributed by atoms with van der Waals surface area (Å²) in [6, 6.07) is 16.1. The molecule has 0 fully saturated rings. The maximum absolute atomic E-state index is 13.2. The van der Waals surface area contributed by atoms with E-state index in [9.17, 15) is 14.0 Å². The zero-order chi connectivity index (χ0) is 17.8. The predicted octanol–water partition coefficient (Wildman–Crippen LogP) is 4.14. The van der Waals surface area contributed by atoms with Crippen molar-refractivity contribution in [2.45, 2.75) is 0 Å². The molecule has 0 bridgehead atoms. The molecule has 0 saturated carbocycles. The standard InChI is InChI=1S/C21H11FN2O2/c22-12-7-5-11(6-8-12)21-23-16-10-9-15-17(18(16)24-21)20(26)14-4-2-1-3-13(14)19(15)25/h1-10H,(H,23,24). The molecular formula is C21H11FN2O2. The van der Waals surface area contributed by atoms with Crippen LogP contribution in [-0.2, 0) is 0 Å². The lowest BCUT2D eigenvalue weighted by Crippen LogP contribution is -2.21. The lowest BCUT2D eigenvalue weighted by atomic mass is 9.83. The molecule has 4 aromatic rings. The van der Waals surface area contributed by atoms with Crippen molar-refractivity contribution in [1.82, 2.24) is 9.97 Å². The van der Waals surface area contributed by atoms with Crippen LogP contribution in [0.25, 0.3) is 22.4 Å². The third-order valence-electron chi connectivity index (χ3n) is 4.66. The van der Waals surface area contributed by atoms with Gasteiger partial charge in [0.2, 0.25) is 0 Å². The van der Waals surface area contributed by atoms with Gasteiger partial charge in [0.1, 0.15) is 17.2 Å². The largest absolute Gasteiger partial charge is 0.338 e. The first kappa shape index (κ1) is 14.7. The molecule has 0 radical (unpaired) electrons. The van der Waals surface area contributed by atoms with Crippen molar-refractivity contribution in [2.24, 2.45) is 0 Å². The number of benzene rings is 3. The van der Waals surface area contributed by atoms with E-state index in [1.165, 1.54) is 12.1 Å². The predicted molar refractivity (Wildman–Crippen MR) is 94.8 cm³/mol. The molecule has 0 saturated heterocycles. The van der Waals surface area contributed by atoms with E-state index in [1.807, 2.05) is 0 Å². The molecule has 1 N–H and O–H groups in total. The molecular weight excluding hydrogens is 331 g/mol. The van der Waals surface area contributed by atoms with Gasteiger partial charge in [-0.05, 0) is 36.4 Å². The molecule has 5 heteroatoms. The topological polar surface area (TPSA) is 62.8 Å². The second-order valence-electron chi connectivity index (χ2n) is 6.18. The quantitative estimate of drug-likeness (QED) is 0.498. The SMILES string of the molecule is O=C1c2ccccc2C(=O)c2c1ccc1[nH]c(-c3ccc(F)cc3)nc21. The number of aromatic amines is 1. The fourth-order valence-corrected chi connectivity index (χ4v) is 3.40. The molecule has 0 atom stereocenters. The minimum Gasteiger partial charge on any atom is -0.338 e. The van der Waals surface area contributed by atoms with Gasteiger partial charge in [-0.3, -0.25) is 9.59 Å². The summed E-state index contributed by atoms with van der Waals surface area (Å²) in [7, 11) is 0. The van der Waals surface area contributed by atoms with E-state index in [1.54, 1.807) is 48.5 Å². The van der Waals surface area contributed by atoms with Gasteiger partial charge in [0, 0.05) is 22.3 Å². The van der Waals surface area contributed by atoms with Crippen molar-refractivity contribution >= 4 is 22.6 Å². The van der Waals surface area contributed by atoms with E-state index in [4.69, 9.17) is 0 Å². The van der Waals surface area contributed by atoms with E-state index >= 15 is 0 Å². The number of carbonyl (C=O) groups is 2. The van der Waals surface area contributed by atoms with E-state index in [0.29, 0.717) is 44.7 Å². The Labute approximate surface area is 147 Å². The van der Waals surface area contributed by atoms with Gasteiger partial charge in [-0.1, -0.05) is 24.3 Å². The van der Waals surface area contributed by atoms with Gasteiger partial charge in [0.15, 0.2) is 11.6 Å². The first-order valence-corrected chi connectivity index (χ1v) is 8.10. The van der Waals surface area contributed by atoms with Crippen LogP contribution in [0, 0.1) is 5.82 Å². The van der Waals surface area contributed by atoms with Crippen LogP contribution in [-0.4, -0.2) is 21.5 Å². The fourth-order valence-electron chi connectivity index (χ4n) is 3.40. The van der Waals surface area contributed by atoms with Crippen LogP contribution in [0.4, 0.5) is 4.39 Å². The van der Waals surface area contributed by atoms with Crippen LogP contribution in [0.3, 0.4) is 0 Å². The maximum Gasteiger partial charge on any atom is 0.196 e. The Morgan fingerprint density at radius 1 is 0.769 bits per heavy atom. The van der Waals surface area contributed by atoms with Crippen molar-refractivity contribution in [3.63, 3.8) is 0 Å². The molecule has 0 unspecified atom stereocenters. The van der Waals surface area contributed by atoms with Crippen LogP contribution in [0.2, 0.25) is 0 Å². The van der Waals surface area contributed by atoms with Crippen molar-refractivity contribution in [1.29, 1.82) is 0 Å². The summed E-state index contributed by atoms with van der Waals surface area (Å²) in [5, 5.41) is 0. The third-order valence-corrected chi connectivity index (χ3v) is 4.66. The van der Waals surface area contributed by atoms with Crippen LogP contribution in [0.1, 0.15) is 31.8 Å². The Kier molecular flexibility index (Phi) is 2.94. The zero-order valence-electron chi connectivity index (χ0n) is 13.4. The number of imidazole rings is 1. The monoisotopic (exact) mass is 342 g/mol. The number of ketones is 2. The fraction of sp³-hybridized carbons (Fsp3) is 0. The number of nitrogens with zero attached hydrogens (tertiary/aromatic N) is 1. The van der Waals surface area contributed by atoms with Crippen molar-refractivity contribution < 1.29 is 14.0 Å². The summed E-state index contributed by atoms with van der Waals surface area (Å²) in [5.74, 6) is -0.200. The number of hydrogen-bond donors (Lipinski definition) is 1. The Hall–Kier alpha value is -3.60. The number of H-pyrrole nitrogens is 1. The second kappa shape index (κ2) is 5.20. The Morgan fingerprint density at radius 3 is 2.19 bits per heavy atom. The van der Waals surface area contributed by atoms with Crippen molar-refractivity contribution in [3.05, 3.63) is 88.7 Å². The van der Waals surface area contributed by atoms with Gasteiger partial charge in [0.05, 0.1) is 11.1 Å². The molecule has 0 aliphatic heterocycles. The maximum atomic E-state index is 13.2. The number of aromatic nitrogens is 2. The van der Waals surface area contributed by atoms with Gasteiger partial charge in [-0.25, -0.2) is 9.37 Å². The smallest absolute Gasteiger partial charge is 0.196 e. The van der Waals surface area contributed by atoms with Gasteiger partial charge in [-0.15, -0.1) is 0 Å².